The van der Waals surface area contributed by atoms with Gasteiger partial charge in [0.05, 0.1) is 0 Å². The second-order valence-electron chi connectivity index (χ2n) is 4.09. The maximum atomic E-state index is 5.71. The highest BCUT2D eigenvalue weighted by atomic mass is 16.5. The predicted octanol–water partition coefficient (Wildman–Crippen LogP) is 4.62. The van der Waals surface area contributed by atoms with Crippen molar-refractivity contribution in [3.63, 3.8) is 0 Å². The van der Waals surface area contributed by atoms with Crippen LogP contribution in [0.2, 0.25) is 0 Å². The third-order valence-corrected chi connectivity index (χ3v) is 2.66. The third-order valence-electron chi connectivity index (χ3n) is 2.66. The van der Waals surface area contributed by atoms with Crippen molar-refractivity contribution < 1.29 is 4.74 Å². The monoisotopic (exact) mass is 225 g/mol. The van der Waals surface area contributed by atoms with Gasteiger partial charge in [-0.15, -0.1) is 0 Å². The van der Waals surface area contributed by atoms with Crippen molar-refractivity contribution >= 4 is 0 Å². The van der Waals surface area contributed by atoms with E-state index in [0.29, 0.717) is 0 Å². The molecule has 0 spiro atoms. The van der Waals surface area contributed by atoms with Crippen LogP contribution in [0.1, 0.15) is 25.3 Å². The molecular weight excluding hydrogens is 208 g/mol. The van der Waals surface area contributed by atoms with Crippen molar-refractivity contribution in [2.45, 2.75) is 26.2 Å². The van der Waals surface area contributed by atoms with E-state index in [1.807, 2.05) is 36.4 Å². The van der Waals surface area contributed by atoms with E-state index in [4.69, 9.17) is 4.74 Å². The zero-order valence-corrected chi connectivity index (χ0v) is 10.1. The van der Waals surface area contributed by atoms with Gasteiger partial charge in [-0.3, -0.25) is 0 Å². The first-order chi connectivity index (χ1) is 8.38. The maximum absolute atomic E-state index is 5.71. The van der Waals surface area contributed by atoms with Crippen molar-refractivity contribution in [3.8, 4) is 11.5 Å². The summed E-state index contributed by atoms with van der Waals surface area (Å²) in [5.41, 5.74) is 1.37. The largest absolute Gasteiger partial charge is 0.457 e. The summed E-state index contributed by atoms with van der Waals surface area (Å²) in [4.78, 5) is 0. The molecule has 0 saturated heterocycles. The molecule has 0 aromatic heterocycles. The smallest absolute Gasteiger partial charge is 0.128 e. The SMILES string of the molecule is CCCCc1ccc(Oc2c[c]ccc2)cc1. The van der Waals surface area contributed by atoms with Crippen LogP contribution < -0.4 is 4.74 Å². The number of unbranched alkanes of at least 4 members (excludes halogenated alkanes) is 1. The van der Waals surface area contributed by atoms with Gasteiger partial charge in [0.25, 0.3) is 0 Å². The Balaban J connectivity index is 1.98. The predicted molar refractivity (Wildman–Crippen MR) is 70.4 cm³/mol. The van der Waals surface area contributed by atoms with Crippen molar-refractivity contribution in [1.29, 1.82) is 0 Å². The molecule has 1 heteroatoms. The van der Waals surface area contributed by atoms with Crippen molar-refractivity contribution in [3.05, 3.63) is 60.2 Å². The molecule has 0 atom stereocenters. The van der Waals surface area contributed by atoms with Gasteiger partial charge in [-0.25, -0.2) is 0 Å². The molecule has 0 amide bonds. The first kappa shape index (κ1) is 11.7. The van der Waals surface area contributed by atoms with Crippen LogP contribution in [-0.2, 0) is 6.42 Å². The summed E-state index contributed by atoms with van der Waals surface area (Å²) in [6.45, 7) is 2.21. The average molecular weight is 225 g/mol. The van der Waals surface area contributed by atoms with Crippen LogP contribution in [0.3, 0.4) is 0 Å². The Labute approximate surface area is 103 Å². The lowest BCUT2D eigenvalue weighted by Gasteiger charge is -2.06. The minimum Gasteiger partial charge on any atom is -0.457 e. The number of benzene rings is 2. The molecule has 2 aromatic rings. The summed E-state index contributed by atoms with van der Waals surface area (Å²) in [5.74, 6) is 1.71. The summed E-state index contributed by atoms with van der Waals surface area (Å²) in [5, 5.41) is 0. The van der Waals surface area contributed by atoms with Gasteiger partial charge in [0.2, 0.25) is 0 Å². The molecule has 0 saturated carbocycles. The fraction of sp³-hybridized carbons (Fsp3) is 0.250. The van der Waals surface area contributed by atoms with Gasteiger partial charge in [0, 0.05) is 0 Å². The first-order valence-electron chi connectivity index (χ1n) is 6.11. The summed E-state index contributed by atoms with van der Waals surface area (Å²) < 4.78 is 5.71. The fourth-order valence-electron chi connectivity index (χ4n) is 1.68. The van der Waals surface area contributed by atoms with Gasteiger partial charge in [-0.1, -0.05) is 37.6 Å². The van der Waals surface area contributed by atoms with Crippen LogP contribution in [-0.4, -0.2) is 0 Å². The molecule has 87 valence electrons. The maximum Gasteiger partial charge on any atom is 0.128 e. The number of rotatable bonds is 5. The molecule has 17 heavy (non-hydrogen) atoms. The van der Waals surface area contributed by atoms with Gasteiger partial charge in [-0.2, -0.15) is 0 Å². The fourth-order valence-corrected chi connectivity index (χ4v) is 1.68. The highest BCUT2D eigenvalue weighted by molar-refractivity contribution is 5.32. The van der Waals surface area contributed by atoms with Gasteiger partial charge >= 0.3 is 0 Å². The van der Waals surface area contributed by atoms with E-state index in [1.54, 1.807) is 0 Å². The van der Waals surface area contributed by atoms with E-state index in [-0.39, 0.29) is 0 Å². The van der Waals surface area contributed by atoms with E-state index in [9.17, 15) is 0 Å². The molecule has 0 aliphatic heterocycles. The van der Waals surface area contributed by atoms with E-state index in [2.05, 4.69) is 25.1 Å². The van der Waals surface area contributed by atoms with E-state index in [0.717, 1.165) is 17.9 Å². The average Bonchev–Trinajstić information content (AvgIpc) is 2.39. The molecule has 2 aromatic carbocycles. The third kappa shape index (κ3) is 3.63. The molecule has 0 heterocycles. The molecule has 0 aliphatic rings. The van der Waals surface area contributed by atoms with Gasteiger partial charge in [-0.05, 0) is 48.7 Å². The second-order valence-corrected chi connectivity index (χ2v) is 4.09. The Hall–Kier alpha value is -1.76. The van der Waals surface area contributed by atoms with Gasteiger partial charge < -0.3 is 4.74 Å². The minimum atomic E-state index is 0.828. The van der Waals surface area contributed by atoms with Crippen molar-refractivity contribution in [2.24, 2.45) is 0 Å². The molecule has 0 fully saturated rings. The molecule has 0 bridgehead atoms. The summed E-state index contributed by atoms with van der Waals surface area (Å²) in [6.07, 6.45) is 3.63. The minimum absolute atomic E-state index is 0.828. The standard InChI is InChI=1S/C16H17O/c1-2-3-7-14-10-12-16(13-11-14)17-15-8-5-4-6-9-15/h4-5,8-13H,2-3,7H2,1H3. The van der Waals surface area contributed by atoms with Gasteiger partial charge in [0.1, 0.15) is 11.5 Å². The Morgan fingerprint density at radius 3 is 2.53 bits per heavy atom. The zero-order valence-electron chi connectivity index (χ0n) is 10.1. The molecule has 2 rings (SSSR count). The Kier molecular flexibility index (Phi) is 4.20. The quantitative estimate of drug-likeness (QED) is 0.721. The molecule has 0 aliphatic carbocycles. The normalized spacial score (nSPS) is 10.2. The number of hydrogen-bond acceptors (Lipinski definition) is 1. The van der Waals surface area contributed by atoms with Crippen LogP contribution in [0.4, 0.5) is 0 Å². The van der Waals surface area contributed by atoms with Crippen LogP contribution in [0.5, 0.6) is 11.5 Å². The Bertz CT molecular complexity index is 431. The Morgan fingerprint density at radius 2 is 1.88 bits per heavy atom. The van der Waals surface area contributed by atoms with E-state index >= 15 is 0 Å². The van der Waals surface area contributed by atoms with E-state index in [1.165, 1.54) is 18.4 Å². The lowest BCUT2D eigenvalue weighted by atomic mass is 10.1. The second kappa shape index (κ2) is 6.09. The molecular formula is C16H17O. The highest BCUT2D eigenvalue weighted by Crippen LogP contribution is 2.21. The number of hydrogen-bond donors (Lipinski definition) is 0. The van der Waals surface area contributed by atoms with E-state index < -0.39 is 0 Å². The number of aryl methyl sites for hydroxylation is 1. The van der Waals surface area contributed by atoms with Gasteiger partial charge in [0.15, 0.2) is 0 Å². The molecule has 1 nitrogen and oxygen atoms in total. The first-order valence-corrected chi connectivity index (χ1v) is 6.11. The summed E-state index contributed by atoms with van der Waals surface area (Å²) in [7, 11) is 0. The van der Waals surface area contributed by atoms with Crippen LogP contribution >= 0.6 is 0 Å². The van der Waals surface area contributed by atoms with Crippen molar-refractivity contribution in [2.75, 3.05) is 0 Å². The Morgan fingerprint density at radius 1 is 1.06 bits per heavy atom. The highest BCUT2D eigenvalue weighted by Gasteiger charge is 1.97. The lowest BCUT2D eigenvalue weighted by Crippen LogP contribution is -1.86. The molecule has 1 radical (unpaired) electrons. The van der Waals surface area contributed by atoms with Crippen molar-refractivity contribution in [1.82, 2.24) is 0 Å². The summed E-state index contributed by atoms with van der Waals surface area (Å²) >= 11 is 0. The molecule has 0 unspecified atom stereocenters. The topological polar surface area (TPSA) is 9.23 Å². The lowest BCUT2D eigenvalue weighted by molar-refractivity contribution is 0.482. The molecule has 0 N–H and O–H groups in total. The van der Waals surface area contributed by atoms with Crippen LogP contribution in [0.25, 0.3) is 0 Å². The van der Waals surface area contributed by atoms with Crippen LogP contribution in [0, 0.1) is 6.07 Å². The van der Waals surface area contributed by atoms with Crippen LogP contribution in [0.15, 0.2) is 48.5 Å². The zero-order chi connectivity index (χ0) is 11.9. The number of ether oxygens (including phenoxy) is 1. The summed E-state index contributed by atoms with van der Waals surface area (Å²) in [6, 6.07) is 18.9.